The van der Waals surface area contributed by atoms with Crippen molar-refractivity contribution in [2.24, 2.45) is 0 Å². The van der Waals surface area contributed by atoms with Crippen LogP contribution in [0.25, 0.3) is 0 Å². The highest BCUT2D eigenvalue weighted by Gasteiger charge is 2.21. The number of hydrogen-bond acceptors (Lipinski definition) is 1. The van der Waals surface area contributed by atoms with Gasteiger partial charge >= 0.3 is 0 Å². The Morgan fingerprint density at radius 2 is 1.93 bits per heavy atom. The van der Waals surface area contributed by atoms with Crippen LogP contribution in [0.4, 0.5) is 0 Å². The summed E-state index contributed by atoms with van der Waals surface area (Å²) in [6, 6.07) is 10.5. The molecule has 1 aliphatic rings. The first-order valence-electron chi connectivity index (χ1n) is 5.13. The SMILES string of the molecule is BrC1(CCc2ccccc2)C=CC=CN1. The molecular formula is C13H14BrN. The van der Waals surface area contributed by atoms with Crippen LogP contribution in [0, 0.1) is 0 Å². The molecule has 1 heterocycles. The van der Waals surface area contributed by atoms with Crippen LogP contribution in [-0.2, 0) is 6.42 Å². The van der Waals surface area contributed by atoms with Gasteiger partial charge in [0.2, 0.25) is 0 Å². The van der Waals surface area contributed by atoms with Crippen LogP contribution in [0.15, 0.2) is 54.8 Å². The zero-order chi connectivity index (χ0) is 10.6. The summed E-state index contributed by atoms with van der Waals surface area (Å²) in [5, 5.41) is 3.32. The number of rotatable bonds is 3. The van der Waals surface area contributed by atoms with Crippen molar-refractivity contribution >= 4 is 15.9 Å². The molecule has 78 valence electrons. The Kier molecular flexibility index (Phi) is 3.27. The molecule has 1 aliphatic heterocycles. The number of alkyl halides is 1. The highest BCUT2D eigenvalue weighted by molar-refractivity contribution is 9.10. The summed E-state index contributed by atoms with van der Waals surface area (Å²) in [4.78, 5) is 0. The molecule has 1 atom stereocenters. The zero-order valence-corrected chi connectivity index (χ0v) is 10.1. The summed E-state index contributed by atoms with van der Waals surface area (Å²) >= 11 is 3.70. The van der Waals surface area contributed by atoms with Crippen LogP contribution in [0.2, 0.25) is 0 Å². The van der Waals surface area contributed by atoms with Gasteiger partial charge in [-0.05, 0) is 36.8 Å². The van der Waals surface area contributed by atoms with E-state index in [2.05, 4.69) is 63.7 Å². The van der Waals surface area contributed by atoms with Crippen LogP contribution in [0.1, 0.15) is 12.0 Å². The van der Waals surface area contributed by atoms with Crippen molar-refractivity contribution in [1.82, 2.24) is 5.32 Å². The number of hydrogen-bond donors (Lipinski definition) is 1. The molecule has 0 aromatic heterocycles. The Morgan fingerprint density at radius 3 is 2.60 bits per heavy atom. The molecule has 15 heavy (non-hydrogen) atoms. The van der Waals surface area contributed by atoms with Crippen molar-refractivity contribution < 1.29 is 0 Å². The average Bonchev–Trinajstić information content (AvgIpc) is 2.29. The van der Waals surface area contributed by atoms with Gasteiger partial charge in [-0.15, -0.1) is 0 Å². The molecule has 2 rings (SSSR count). The van der Waals surface area contributed by atoms with Gasteiger partial charge in [-0.3, -0.25) is 0 Å². The molecular weight excluding hydrogens is 250 g/mol. The number of benzene rings is 1. The summed E-state index contributed by atoms with van der Waals surface area (Å²) in [7, 11) is 0. The van der Waals surface area contributed by atoms with Crippen molar-refractivity contribution in [3.63, 3.8) is 0 Å². The number of allylic oxidation sites excluding steroid dienone is 2. The van der Waals surface area contributed by atoms with E-state index in [4.69, 9.17) is 0 Å². The molecule has 0 amide bonds. The first kappa shape index (κ1) is 10.5. The van der Waals surface area contributed by atoms with Crippen molar-refractivity contribution in [2.75, 3.05) is 0 Å². The second kappa shape index (κ2) is 4.67. The van der Waals surface area contributed by atoms with Gasteiger partial charge in [-0.1, -0.05) is 52.3 Å². The van der Waals surface area contributed by atoms with E-state index in [1.807, 2.05) is 12.3 Å². The normalized spacial score (nSPS) is 23.8. The fourth-order valence-corrected chi connectivity index (χ4v) is 2.11. The minimum atomic E-state index is -0.0718. The van der Waals surface area contributed by atoms with Crippen LogP contribution in [0.3, 0.4) is 0 Å². The molecule has 1 aromatic rings. The highest BCUT2D eigenvalue weighted by atomic mass is 79.9. The van der Waals surface area contributed by atoms with Gasteiger partial charge < -0.3 is 5.32 Å². The van der Waals surface area contributed by atoms with Gasteiger partial charge in [-0.25, -0.2) is 0 Å². The number of dihydropyridines is 1. The number of aryl methyl sites for hydroxylation is 1. The molecule has 0 saturated heterocycles. The summed E-state index contributed by atoms with van der Waals surface area (Å²) < 4.78 is -0.0718. The molecule has 1 N–H and O–H groups in total. The van der Waals surface area contributed by atoms with Crippen LogP contribution in [0.5, 0.6) is 0 Å². The predicted octanol–water partition coefficient (Wildman–Crippen LogP) is 3.38. The lowest BCUT2D eigenvalue weighted by Gasteiger charge is -2.26. The van der Waals surface area contributed by atoms with Gasteiger partial charge in [-0.2, -0.15) is 0 Å². The first-order valence-corrected chi connectivity index (χ1v) is 5.93. The Hall–Kier alpha value is -1.02. The van der Waals surface area contributed by atoms with E-state index in [1.165, 1.54) is 5.56 Å². The number of halogens is 1. The third-order valence-electron chi connectivity index (χ3n) is 2.51. The third-order valence-corrected chi connectivity index (χ3v) is 3.40. The minimum absolute atomic E-state index is 0.0718. The standard InChI is InChI=1S/C13H14BrN/c14-13(9-4-5-11-15-13)10-8-12-6-2-1-3-7-12/h1-7,9,11,15H,8,10H2. The van der Waals surface area contributed by atoms with E-state index in [9.17, 15) is 0 Å². The van der Waals surface area contributed by atoms with Crippen LogP contribution >= 0.6 is 15.9 Å². The summed E-state index contributed by atoms with van der Waals surface area (Å²) in [6.45, 7) is 0. The number of nitrogens with one attached hydrogen (secondary N) is 1. The Balaban J connectivity index is 1.93. The Bertz CT molecular complexity index is 369. The predicted molar refractivity (Wildman–Crippen MR) is 67.8 cm³/mol. The van der Waals surface area contributed by atoms with Crippen LogP contribution in [-0.4, -0.2) is 4.45 Å². The fraction of sp³-hybridized carbons (Fsp3) is 0.231. The molecule has 0 saturated carbocycles. The van der Waals surface area contributed by atoms with Crippen molar-refractivity contribution in [1.29, 1.82) is 0 Å². The molecule has 1 aromatic carbocycles. The highest BCUT2D eigenvalue weighted by Crippen LogP contribution is 2.25. The largest absolute Gasteiger partial charge is 0.373 e. The van der Waals surface area contributed by atoms with Gasteiger partial charge in [0.1, 0.15) is 4.45 Å². The Morgan fingerprint density at radius 1 is 1.13 bits per heavy atom. The smallest absolute Gasteiger partial charge is 0.112 e. The maximum atomic E-state index is 3.70. The third kappa shape index (κ3) is 2.96. The molecule has 1 unspecified atom stereocenters. The van der Waals surface area contributed by atoms with E-state index in [-0.39, 0.29) is 4.45 Å². The quantitative estimate of drug-likeness (QED) is 0.652. The molecule has 1 nitrogen and oxygen atoms in total. The average molecular weight is 264 g/mol. The van der Waals surface area contributed by atoms with E-state index in [1.54, 1.807) is 0 Å². The fourth-order valence-electron chi connectivity index (χ4n) is 1.62. The molecule has 0 bridgehead atoms. The van der Waals surface area contributed by atoms with E-state index < -0.39 is 0 Å². The topological polar surface area (TPSA) is 12.0 Å². The summed E-state index contributed by atoms with van der Waals surface area (Å²) in [5.74, 6) is 0. The van der Waals surface area contributed by atoms with Gasteiger partial charge in [0.25, 0.3) is 0 Å². The second-order valence-corrected chi connectivity index (χ2v) is 5.13. The Labute approximate surface area is 99.0 Å². The second-order valence-electron chi connectivity index (χ2n) is 3.71. The summed E-state index contributed by atoms with van der Waals surface area (Å²) in [5.41, 5.74) is 1.38. The van der Waals surface area contributed by atoms with E-state index in [0.29, 0.717) is 0 Å². The van der Waals surface area contributed by atoms with E-state index in [0.717, 1.165) is 12.8 Å². The first-order chi connectivity index (χ1) is 7.29. The minimum Gasteiger partial charge on any atom is -0.373 e. The maximum Gasteiger partial charge on any atom is 0.112 e. The van der Waals surface area contributed by atoms with Gasteiger partial charge in [0.05, 0.1) is 0 Å². The molecule has 0 fully saturated rings. The van der Waals surface area contributed by atoms with E-state index >= 15 is 0 Å². The maximum absolute atomic E-state index is 3.70. The molecule has 0 aliphatic carbocycles. The zero-order valence-electron chi connectivity index (χ0n) is 8.49. The summed E-state index contributed by atoms with van der Waals surface area (Å²) in [6.07, 6.45) is 10.3. The molecule has 2 heteroatoms. The molecule has 0 radical (unpaired) electrons. The lowest BCUT2D eigenvalue weighted by Crippen LogP contribution is -2.35. The lowest BCUT2D eigenvalue weighted by atomic mass is 10.0. The molecule has 0 spiro atoms. The monoisotopic (exact) mass is 263 g/mol. The van der Waals surface area contributed by atoms with Gasteiger partial charge in [0, 0.05) is 0 Å². The van der Waals surface area contributed by atoms with Gasteiger partial charge in [0.15, 0.2) is 0 Å². The van der Waals surface area contributed by atoms with Crippen molar-refractivity contribution in [3.8, 4) is 0 Å². The van der Waals surface area contributed by atoms with Crippen molar-refractivity contribution in [3.05, 3.63) is 60.3 Å². The van der Waals surface area contributed by atoms with Crippen molar-refractivity contribution in [2.45, 2.75) is 17.3 Å². The van der Waals surface area contributed by atoms with Crippen LogP contribution < -0.4 is 5.32 Å². The lowest BCUT2D eigenvalue weighted by molar-refractivity contribution is 0.594.